The number of primary amides is 1. The lowest BCUT2D eigenvalue weighted by Crippen LogP contribution is -2.37. The van der Waals surface area contributed by atoms with Crippen molar-refractivity contribution in [2.24, 2.45) is 5.73 Å². The zero-order valence-electron chi connectivity index (χ0n) is 16.4. The number of nitrogens with one attached hydrogen (secondary N) is 1. The van der Waals surface area contributed by atoms with Gasteiger partial charge in [0.1, 0.15) is 22.6 Å². The molecule has 154 valence electrons. The Morgan fingerprint density at radius 2 is 1.83 bits per heavy atom. The van der Waals surface area contributed by atoms with E-state index in [0.717, 1.165) is 23.0 Å². The van der Waals surface area contributed by atoms with Crippen molar-refractivity contribution in [3.05, 3.63) is 53.9 Å². The van der Waals surface area contributed by atoms with Crippen LogP contribution in [0.4, 0.5) is 0 Å². The molecule has 1 aromatic heterocycles. The molecule has 3 N–H and O–H groups in total. The molecule has 2 atom stereocenters. The molecule has 29 heavy (non-hydrogen) atoms. The van der Waals surface area contributed by atoms with Crippen molar-refractivity contribution in [1.29, 1.82) is 0 Å². The number of hydrogen-bond donors (Lipinski definition) is 2. The van der Waals surface area contributed by atoms with Gasteiger partial charge in [-0.1, -0.05) is 12.1 Å². The minimum Gasteiger partial charge on any atom is -0.497 e. The number of benzene rings is 2. The lowest BCUT2D eigenvalue weighted by Gasteiger charge is -2.14. The van der Waals surface area contributed by atoms with Gasteiger partial charge in [-0.05, 0) is 43.2 Å². The Morgan fingerprint density at radius 3 is 2.41 bits per heavy atom. The number of imidazole rings is 1. The number of H-pyrrole nitrogens is 1. The van der Waals surface area contributed by atoms with Crippen molar-refractivity contribution < 1.29 is 22.7 Å². The fourth-order valence-electron chi connectivity index (χ4n) is 2.97. The Kier molecular flexibility index (Phi) is 5.78. The van der Waals surface area contributed by atoms with Crippen LogP contribution in [0.5, 0.6) is 11.5 Å². The summed E-state index contributed by atoms with van der Waals surface area (Å²) in [6, 6.07) is 12.4. The zero-order valence-corrected chi connectivity index (χ0v) is 17.2. The number of aromatic nitrogens is 2. The first-order valence-corrected chi connectivity index (χ1v) is 10.9. The Hall–Kier alpha value is -3.07. The fourth-order valence-corrected chi connectivity index (χ4v) is 3.89. The van der Waals surface area contributed by atoms with E-state index in [1.807, 2.05) is 25.1 Å². The third kappa shape index (κ3) is 4.86. The summed E-state index contributed by atoms with van der Waals surface area (Å²) in [7, 11) is -1.97. The van der Waals surface area contributed by atoms with Crippen molar-refractivity contribution in [2.45, 2.75) is 24.7 Å². The Morgan fingerprint density at radius 1 is 1.17 bits per heavy atom. The maximum Gasteiger partial charge on any atom is 0.236 e. The van der Waals surface area contributed by atoms with Crippen LogP contribution in [-0.4, -0.2) is 42.9 Å². The largest absolute Gasteiger partial charge is 0.497 e. The van der Waals surface area contributed by atoms with Crippen LogP contribution in [0.15, 0.2) is 42.5 Å². The van der Waals surface area contributed by atoms with E-state index >= 15 is 0 Å². The Labute approximate surface area is 169 Å². The topological polar surface area (TPSA) is 124 Å². The van der Waals surface area contributed by atoms with Gasteiger partial charge in [0.25, 0.3) is 0 Å². The van der Waals surface area contributed by atoms with E-state index in [-0.39, 0.29) is 12.5 Å². The van der Waals surface area contributed by atoms with E-state index in [0.29, 0.717) is 17.1 Å². The highest BCUT2D eigenvalue weighted by Gasteiger charge is 2.26. The van der Waals surface area contributed by atoms with E-state index in [4.69, 9.17) is 15.2 Å². The van der Waals surface area contributed by atoms with E-state index < -0.39 is 21.0 Å². The average Bonchev–Trinajstić information content (AvgIpc) is 3.09. The van der Waals surface area contributed by atoms with Crippen LogP contribution < -0.4 is 15.2 Å². The third-order valence-corrected chi connectivity index (χ3v) is 6.02. The van der Waals surface area contributed by atoms with E-state index in [2.05, 4.69) is 9.97 Å². The molecular formula is C20H23N3O5S. The number of fused-ring (bicyclic) bond motifs is 1. The standard InChI is InChI=1S/C20H23N3O5S/c1-12(20-22-16-9-8-15(27-2)11-17(16)23-20)28-14-6-4-13(5-7-14)10-18(19(21)24)29(3,25)26/h4-9,11-12,18H,10H2,1-3H3,(H2,21,24)(H,22,23). The highest BCUT2D eigenvalue weighted by molar-refractivity contribution is 7.92. The second-order valence-corrected chi connectivity index (χ2v) is 9.06. The molecule has 2 unspecified atom stereocenters. The number of amides is 1. The number of carbonyl (C=O) groups is 1. The van der Waals surface area contributed by atoms with E-state index in [1.54, 1.807) is 31.4 Å². The van der Waals surface area contributed by atoms with Crippen LogP contribution in [0.3, 0.4) is 0 Å². The summed E-state index contributed by atoms with van der Waals surface area (Å²) in [5.41, 5.74) is 7.56. The van der Waals surface area contributed by atoms with Gasteiger partial charge in [0.05, 0.1) is 18.1 Å². The number of nitrogens with two attached hydrogens (primary N) is 1. The predicted molar refractivity (Wildman–Crippen MR) is 110 cm³/mol. The van der Waals surface area contributed by atoms with Crippen LogP contribution in [0.2, 0.25) is 0 Å². The molecule has 2 aromatic carbocycles. The Balaban J connectivity index is 1.71. The summed E-state index contributed by atoms with van der Waals surface area (Å²) in [5, 5.41) is -1.25. The molecule has 1 heterocycles. The number of carbonyl (C=O) groups excluding carboxylic acids is 1. The molecule has 1 amide bonds. The molecule has 0 fully saturated rings. The van der Waals surface area contributed by atoms with Gasteiger partial charge in [0.2, 0.25) is 5.91 Å². The van der Waals surface area contributed by atoms with Crippen LogP contribution in [-0.2, 0) is 21.1 Å². The smallest absolute Gasteiger partial charge is 0.236 e. The highest BCUT2D eigenvalue weighted by atomic mass is 32.2. The molecule has 0 aliphatic carbocycles. The van der Waals surface area contributed by atoms with Gasteiger partial charge in [-0.25, -0.2) is 13.4 Å². The summed E-state index contributed by atoms with van der Waals surface area (Å²) in [6.45, 7) is 1.87. The van der Waals surface area contributed by atoms with Crippen LogP contribution in [0, 0.1) is 0 Å². The molecule has 0 aliphatic rings. The minimum absolute atomic E-state index is 0.0232. The van der Waals surface area contributed by atoms with Crippen LogP contribution in [0.25, 0.3) is 11.0 Å². The van der Waals surface area contributed by atoms with Crippen LogP contribution in [0.1, 0.15) is 24.4 Å². The average molecular weight is 417 g/mol. The summed E-state index contributed by atoms with van der Waals surface area (Å²) in [5.74, 6) is 1.14. The molecule has 0 saturated carbocycles. The molecule has 0 radical (unpaired) electrons. The van der Waals surface area contributed by atoms with E-state index in [9.17, 15) is 13.2 Å². The minimum atomic E-state index is -3.57. The molecule has 3 aromatic rings. The molecule has 0 saturated heterocycles. The molecular weight excluding hydrogens is 394 g/mol. The quantitative estimate of drug-likeness (QED) is 0.579. The van der Waals surface area contributed by atoms with Gasteiger partial charge in [0.15, 0.2) is 15.9 Å². The first-order valence-electron chi connectivity index (χ1n) is 8.95. The maximum absolute atomic E-state index is 11.7. The van der Waals surface area contributed by atoms with Gasteiger partial charge in [-0.15, -0.1) is 0 Å². The summed E-state index contributed by atoms with van der Waals surface area (Å²) in [6.07, 6.45) is 0.688. The summed E-state index contributed by atoms with van der Waals surface area (Å²) in [4.78, 5) is 19.2. The van der Waals surface area contributed by atoms with Gasteiger partial charge in [-0.2, -0.15) is 0 Å². The molecule has 0 bridgehead atoms. The number of hydrogen-bond acceptors (Lipinski definition) is 6. The second kappa shape index (κ2) is 8.12. The number of nitrogens with zero attached hydrogens (tertiary/aromatic N) is 1. The van der Waals surface area contributed by atoms with Gasteiger partial charge in [-0.3, -0.25) is 4.79 Å². The van der Waals surface area contributed by atoms with Crippen molar-refractivity contribution in [1.82, 2.24) is 9.97 Å². The third-order valence-electron chi connectivity index (χ3n) is 4.58. The lowest BCUT2D eigenvalue weighted by molar-refractivity contribution is -0.117. The second-order valence-electron chi connectivity index (χ2n) is 6.83. The predicted octanol–water partition coefficient (Wildman–Crippen LogP) is 2.15. The van der Waals surface area contributed by atoms with Crippen LogP contribution >= 0.6 is 0 Å². The van der Waals surface area contributed by atoms with Gasteiger partial charge < -0.3 is 20.2 Å². The molecule has 3 rings (SSSR count). The molecule has 0 spiro atoms. The first-order chi connectivity index (χ1) is 13.7. The number of aromatic amines is 1. The normalized spacial score (nSPS) is 13.8. The molecule has 8 nitrogen and oxygen atoms in total. The van der Waals surface area contributed by atoms with Crippen molar-refractivity contribution in [3.8, 4) is 11.5 Å². The van der Waals surface area contributed by atoms with Crippen molar-refractivity contribution in [3.63, 3.8) is 0 Å². The lowest BCUT2D eigenvalue weighted by atomic mass is 10.1. The monoisotopic (exact) mass is 417 g/mol. The molecule has 0 aliphatic heterocycles. The van der Waals surface area contributed by atoms with Crippen molar-refractivity contribution in [2.75, 3.05) is 13.4 Å². The molecule has 9 heteroatoms. The Bertz CT molecular complexity index is 1120. The summed E-state index contributed by atoms with van der Waals surface area (Å²) >= 11 is 0. The van der Waals surface area contributed by atoms with Crippen molar-refractivity contribution >= 4 is 26.8 Å². The fraction of sp³-hybridized carbons (Fsp3) is 0.300. The number of sulfone groups is 1. The maximum atomic E-state index is 11.7. The van der Waals surface area contributed by atoms with Gasteiger partial charge >= 0.3 is 0 Å². The number of ether oxygens (including phenoxy) is 2. The highest BCUT2D eigenvalue weighted by Crippen LogP contribution is 2.25. The van der Waals surface area contributed by atoms with E-state index in [1.165, 1.54) is 0 Å². The number of methoxy groups -OCH3 is 1. The zero-order chi connectivity index (χ0) is 21.2. The SMILES string of the molecule is COc1ccc2nc(C(C)Oc3ccc(CC(C(N)=O)S(C)(=O)=O)cc3)[nH]c2c1. The summed E-state index contributed by atoms with van der Waals surface area (Å²) < 4.78 is 34.6. The number of rotatable bonds is 8. The van der Waals surface area contributed by atoms with Gasteiger partial charge in [0, 0.05) is 12.3 Å². The first kappa shape index (κ1) is 20.7.